The van der Waals surface area contributed by atoms with Gasteiger partial charge in [0.15, 0.2) is 11.0 Å². The van der Waals surface area contributed by atoms with E-state index in [0.717, 1.165) is 45.5 Å². The van der Waals surface area contributed by atoms with Crippen molar-refractivity contribution >= 4 is 11.8 Å². The lowest BCUT2D eigenvalue weighted by Crippen LogP contribution is -2.43. The maximum atomic E-state index is 5.62. The van der Waals surface area contributed by atoms with Crippen LogP contribution in [0.4, 0.5) is 0 Å². The van der Waals surface area contributed by atoms with E-state index in [0.29, 0.717) is 19.0 Å². The second-order valence-corrected chi connectivity index (χ2v) is 8.46. The highest BCUT2D eigenvalue weighted by Crippen LogP contribution is 2.43. The molecule has 154 valence electrons. The molecule has 0 aliphatic carbocycles. The number of morpholine rings is 1. The number of rotatable bonds is 3. The number of hydrogen-bond donors (Lipinski definition) is 0. The smallest absolute Gasteiger partial charge is 0.194 e. The average Bonchev–Trinajstić information content (AvgIpc) is 3.27. The van der Waals surface area contributed by atoms with Crippen molar-refractivity contribution in [1.29, 1.82) is 0 Å². The standard InChI is InChI=1S/C23H20N6OS/c1-2-4-16(5-3-1)18-14-19-21(25-15-18)31-23-26-20(17-6-8-24-9-7-17)27-29(23)22(19)28-10-12-30-13-11-28/h1-9,14-15,22H,10-13H2. The lowest BCUT2D eigenvalue weighted by molar-refractivity contribution is 0.00286. The minimum absolute atomic E-state index is 0.0607. The minimum Gasteiger partial charge on any atom is -0.379 e. The molecule has 1 unspecified atom stereocenters. The summed E-state index contributed by atoms with van der Waals surface area (Å²) in [4.78, 5) is 16.2. The van der Waals surface area contributed by atoms with Gasteiger partial charge in [-0.05, 0) is 35.5 Å². The van der Waals surface area contributed by atoms with Crippen molar-refractivity contribution in [2.75, 3.05) is 26.3 Å². The molecule has 8 heteroatoms. The van der Waals surface area contributed by atoms with Gasteiger partial charge in [-0.15, -0.1) is 5.10 Å². The first-order valence-electron chi connectivity index (χ1n) is 10.3. The largest absolute Gasteiger partial charge is 0.379 e. The van der Waals surface area contributed by atoms with Crippen molar-refractivity contribution in [3.63, 3.8) is 0 Å². The summed E-state index contributed by atoms with van der Waals surface area (Å²) in [6.45, 7) is 3.11. The molecule has 5 heterocycles. The van der Waals surface area contributed by atoms with E-state index in [1.807, 2.05) is 29.1 Å². The first-order chi connectivity index (χ1) is 15.4. The topological polar surface area (TPSA) is 69.0 Å². The molecule has 1 saturated heterocycles. The van der Waals surface area contributed by atoms with Gasteiger partial charge in [-0.25, -0.2) is 14.6 Å². The molecule has 0 amide bonds. The zero-order chi connectivity index (χ0) is 20.6. The third kappa shape index (κ3) is 3.42. The quantitative estimate of drug-likeness (QED) is 0.492. The molecule has 0 N–H and O–H groups in total. The Bertz CT molecular complexity index is 1210. The SMILES string of the molecule is c1ccc(-c2cnc3c(c2)C(N2CCOCC2)n2nc(-c4ccncc4)nc2S3)cc1. The van der Waals surface area contributed by atoms with Gasteiger partial charge >= 0.3 is 0 Å². The predicted molar refractivity (Wildman–Crippen MR) is 118 cm³/mol. The van der Waals surface area contributed by atoms with Gasteiger partial charge in [0, 0.05) is 48.4 Å². The molecule has 0 saturated carbocycles. The zero-order valence-electron chi connectivity index (χ0n) is 16.8. The Hall–Kier alpha value is -3.07. The second-order valence-electron chi connectivity index (χ2n) is 7.51. The summed E-state index contributed by atoms with van der Waals surface area (Å²) in [5, 5.41) is 6.77. The fraction of sp³-hybridized carbons (Fsp3) is 0.217. The fourth-order valence-corrected chi connectivity index (χ4v) is 5.01. The van der Waals surface area contributed by atoms with Crippen molar-refractivity contribution in [1.82, 2.24) is 29.6 Å². The van der Waals surface area contributed by atoms with Gasteiger partial charge in [0.05, 0.1) is 13.2 Å². The average molecular weight is 429 g/mol. The maximum Gasteiger partial charge on any atom is 0.194 e. The molecule has 0 spiro atoms. The number of aromatic nitrogens is 5. The lowest BCUT2D eigenvalue weighted by Gasteiger charge is -2.37. The van der Waals surface area contributed by atoms with Gasteiger partial charge in [0.1, 0.15) is 11.2 Å². The van der Waals surface area contributed by atoms with E-state index in [2.05, 4.69) is 40.2 Å². The number of benzene rings is 1. The third-order valence-electron chi connectivity index (χ3n) is 5.61. The van der Waals surface area contributed by atoms with Crippen molar-refractivity contribution in [3.8, 4) is 22.5 Å². The molecule has 6 rings (SSSR count). The van der Waals surface area contributed by atoms with Gasteiger partial charge in [-0.1, -0.05) is 30.3 Å². The summed E-state index contributed by atoms with van der Waals surface area (Å²) < 4.78 is 7.67. The molecular formula is C23H20N6OS. The zero-order valence-corrected chi connectivity index (χ0v) is 17.6. The molecule has 3 aromatic heterocycles. The van der Waals surface area contributed by atoms with E-state index >= 15 is 0 Å². The van der Waals surface area contributed by atoms with E-state index in [4.69, 9.17) is 19.8 Å². The summed E-state index contributed by atoms with van der Waals surface area (Å²) >= 11 is 1.57. The molecule has 1 aromatic carbocycles. The molecule has 7 nitrogen and oxygen atoms in total. The van der Waals surface area contributed by atoms with E-state index in [1.54, 1.807) is 24.2 Å². The Morgan fingerprint density at radius 3 is 2.55 bits per heavy atom. The molecule has 0 bridgehead atoms. The Morgan fingerprint density at radius 1 is 0.935 bits per heavy atom. The summed E-state index contributed by atoms with van der Waals surface area (Å²) in [7, 11) is 0. The van der Waals surface area contributed by atoms with Crippen molar-refractivity contribution in [2.45, 2.75) is 16.3 Å². The highest BCUT2D eigenvalue weighted by atomic mass is 32.2. The molecular weight excluding hydrogens is 408 g/mol. The van der Waals surface area contributed by atoms with Crippen molar-refractivity contribution in [3.05, 3.63) is 72.7 Å². The molecule has 2 aliphatic heterocycles. The van der Waals surface area contributed by atoms with Crippen LogP contribution in [0.1, 0.15) is 11.7 Å². The van der Waals surface area contributed by atoms with Gasteiger partial charge in [-0.3, -0.25) is 9.88 Å². The lowest BCUT2D eigenvalue weighted by atomic mass is 10.0. The second kappa shape index (κ2) is 7.88. The number of pyridine rings is 2. The Kier molecular flexibility index (Phi) is 4.75. The number of nitrogens with zero attached hydrogens (tertiary/aromatic N) is 6. The highest BCUT2D eigenvalue weighted by Gasteiger charge is 2.35. The molecule has 31 heavy (non-hydrogen) atoms. The number of ether oxygens (including phenoxy) is 1. The Balaban J connectivity index is 1.48. The van der Waals surface area contributed by atoms with E-state index in [-0.39, 0.29) is 6.17 Å². The molecule has 1 atom stereocenters. The van der Waals surface area contributed by atoms with E-state index in [9.17, 15) is 0 Å². The summed E-state index contributed by atoms with van der Waals surface area (Å²) in [5.74, 6) is 0.708. The highest BCUT2D eigenvalue weighted by molar-refractivity contribution is 7.99. The first-order valence-corrected chi connectivity index (χ1v) is 11.1. The van der Waals surface area contributed by atoms with Crippen molar-refractivity contribution in [2.24, 2.45) is 0 Å². The van der Waals surface area contributed by atoms with Crippen LogP contribution >= 0.6 is 11.8 Å². The van der Waals surface area contributed by atoms with Gasteiger partial charge in [0.2, 0.25) is 0 Å². The van der Waals surface area contributed by atoms with E-state index < -0.39 is 0 Å². The monoisotopic (exact) mass is 428 g/mol. The predicted octanol–water partition coefficient (Wildman–Crippen LogP) is 3.75. The molecule has 2 aliphatic rings. The van der Waals surface area contributed by atoms with Crippen LogP contribution in [-0.2, 0) is 4.74 Å². The maximum absolute atomic E-state index is 5.62. The van der Waals surface area contributed by atoms with Gasteiger partial charge in [-0.2, -0.15) is 0 Å². The Labute approximate surface area is 184 Å². The third-order valence-corrected chi connectivity index (χ3v) is 6.61. The van der Waals surface area contributed by atoms with Crippen LogP contribution < -0.4 is 0 Å². The normalized spacial score (nSPS) is 18.4. The van der Waals surface area contributed by atoms with Gasteiger partial charge in [0.25, 0.3) is 0 Å². The van der Waals surface area contributed by atoms with Crippen LogP contribution in [0.15, 0.2) is 77.3 Å². The summed E-state index contributed by atoms with van der Waals surface area (Å²) in [6, 6.07) is 16.5. The van der Waals surface area contributed by atoms with Gasteiger partial charge < -0.3 is 4.74 Å². The minimum atomic E-state index is -0.0607. The summed E-state index contributed by atoms with van der Waals surface area (Å²) in [5.41, 5.74) is 4.38. The van der Waals surface area contributed by atoms with Crippen LogP contribution in [0.5, 0.6) is 0 Å². The molecule has 1 fully saturated rings. The summed E-state index contributed by atoms with van der Waals surface area (Å²) in [6.07, 6.45) is 5.43. The van der Waals surface area contributed by atoms with Crippen LogP contribution in [0, 0.1) is 0 Å². The number of fused-ring (bicyclic) bond motifs is 2. The van der Waals surface area contributed by atoms with Crippen LogP contribution in [0.25, 0.3) is 22.5 Å². The van der Waals surface area contributed by atoms with Crippen molar-refractivity contribution < 1.29 is 4.74 Å². The fourth-order valence-electron chi connectivity index (χ4n) is 4.08. The first kappa shape index (κ1) is 18.7. The Morgan fingerprint density at radius 2 is 1.74 bits per heavy atom. The van der Waals surface area contributed by atoms with Crippen LogP contribution in [0.3, 0.4) is 0 Å². The molecule has 4 aromatic rings. The van der Waals surface area contributed by atoms with E-state index in [1.165, 1.54) is 0 Å². The number of hydrogen-bond acceptors (Lipinski definition) is 7. The molecule has 0 radical (unpaired) electrons. The van der Waals surface area contributed by atoms with Crippen LogP contribution in [-0.4, -0.2) is 55.9 Å². The van der Waals surface area contributed by atoms with Crippen LogP contribution in [0.2, 0.25) is 0 Å².